The summed E-state index contributed by atoms with van der Waals surface area (Å²) in [6.45, 7) is 8.18. The molecular formula is C20H23N3O2. The van der Waals surface area contributed by atoms with Gasteiger partial charge in [-0.1, -0.05) is 26.0 Å². The molecule has 5 heteroatoms. The number of nitrogens with one attached hydrogen (secondary N) is 1. The standard InChI is InChI=1S/C20H23N3O2/c1-13(2)15(4)21-20(24)18-12-17(19-9-6-10-25-19)22-23(18)16-8-5-7-14(3)11-16/h5-13,15H,1-4H3,(H,21,24)/t15-/m0/s1. The summed E-state index contributed by atoms with van der Waals surface area (Å²) < 4.78 is 7.11. The van der Waals surface area contributed by atoms with Gasteiger partial charge < -0.3 is 9.73 Å². The van der Waals surface area contributed by atoms with Gasteiger partial charge in [0.15, 0.2) is 5.76 Å². The van der Waals surface area contributed by atoms with E-state index in [0.717, 1.165) is 11.3 Å². The van der Waals surface area contributed by atoms with Crippen LogP contribution in [0.3, 0.4) is 0 Å². The monoisotopic (exact) mass is 337 g/mol. The molecule has 0 radical (unpaired) electrons. The highest BCUT2D eigenvalue weighted by atomic mass is 16.3. The number of hydrogen-bond donors (Lipinski definition) is 1. The predicted octanol–water partition coefficient (Wildman–Crippen LogP) is 4.22. The summed E-state index contributed by atoms with van der Waals surface area (Å²) in [6, 6.07) is 13.4. The van der Waals surface area contributed by atoms with Crippen LogP contribution in [0.2, 0.25) is 0 Å². The molecule has 130 valence electrons. The van der Waals surface area contributed by atoms with Crippen molar-refractivity contribution >= 4 is 5.91 Å². The van der Waals surface area contributed by atoms with Crippen LogP contribution in [0, 0.1) is 12.8 Å². The predicted molar refractivity (Wildman–Crippen MR) is 97.8 cm³/mol. The van der Waals surface area contributed by atoms with Crippen LogP contribution in [0.5, 0.6) is 0 Å². The SMILES string of the molecule is Cc1cccc(-n2nc(-c3ccco3)cc2C(=O)N[C@@H](C)C(C)C)c1. The lowest BCUT2D eigenvalue weighted by atomic mass is 10.1. The normalized spacial score (nSPS) is 12.4. The highest BCUT2D eigenvalue weighted by molar-refractivity contribution is 5.94. The molecule has 0 aliphatic heterocycles. The molecule has 3 rings (SSSR count). The molecule has 1 aromatic carbocycles. The molecule has 0 saturated carbocycles. The third kappa shape index (κ3) is 3.65. The fourth-order valence-electron chi connectivity index (χ4n) is 2.49. The fraction of sp³-hybridized carbons (Fsp3) is 0.300. The van der Waals surface area contributed by atoms with E-state index in [1.165, 1.54) is 0 Å². The number of hydrogen-bond acceptors (Lipinski definition) is 3. The van der Waals surface area contributed by atoms with Gasteiger partial charge in [-0.05, 0) is 49.6 Å². The third-order valence-electron chi connectivity index (χ3n) is 4.32. The molecule has 0 unspecified atom stereocenters. The lowest BCUT2D eigenvalue weighted by Crippen LogP contribution is -2.37. The Labute approximate surface area is 147 Å². The van der Waals surface area contributed by atoms with Gasteiger partial charge in [0.2, 0.25) is 0 Å². The molecule has 0 bridgehead atoms. The van der Waals surface area contributed by atoms with E-state index >= 15 is 0 Å². The summed E-state index contributed by atoms with van der Waals surface area (Å²) in [5.41, 5.74) is 3.08. The van der Waals surface area contributed by atoms with Crippen LogP contribution in [0.4, 0.5) is 0 Å². The van der Waals surface area contributed by atoms with Gasteiger partial charge in [-0.3, -0.25) is 4.79 Å². The average Bonchev–Trinajstić information content (AvgIpc) is 3.24. The Hall–Kier alpha value is -2.82. The van der Waals surface area contributed by atoms with Crippen LogP contribution < -0.4 is 5.32 Å². The molecule has 0 saturated heterocycles. The second-order valence-electron chi connectivity index (χ2n) is 6.65. The molecule has 3 aromatic rings. The lowest BCUT2D eigenvalue weighted by molar-refractivity contribution is 0.0922. The van der Waals surface area contributed by atoms with Crippen molar-refractivity contribution in [3.05, 3.63) is 60.0 Å². The number of rotatable bonds is 5. The van der Waals surface area contributed by atoms with Gasteiger partial charge in [-0.2, -0.15) is 5.10 Å². The first kappa shape index (κ1) is 17.0. The maximum atomic E-state index is 12.8. The Morgan fingerprint density at radius 2 is 1.96 bits per heavy atom. The zero-order valence-electron chi connectivity index (χ0n) is 15.0. The van der Waals surface area contributed by atoms with Gasteiger partial charge >= 0.3 is 0 Å². The van der Waals surface area contributed by atoms with E-state index in [2.05, 4.69) is 24.3 Å². The van der Waals surface area contributed by atoms with Crippen LogP contribution in [0.1, 0.15) is 36.8 Å². The molecule has 0 aliphatic rings. The molecular weight excluding hydrogens is 314 g/mol. The number of aromatic nitrogens is 2. The summed E-state index contributed by atoms with van der Waals surface area (Å²) in [6.07, 6.45) is 1.60. The Bertz CT molecular complexity index is 863. The smallest absolute Gasteiger partial charge is 0.270 e. The molecule has 1 amide bonds. The van der Waals surface area contributed by atoms with E-state index in [4.69, 9.17) is 4.42 Å². The minimum absolute atomic E-state index is 0.0698. The third-order valence-corrected chi connectivity index (χ3v) is 4.32. The van der Waals surface area contributed by atoms with Crippen LogP contribution in [0.15, 0.2) is 53.1 Å². The molecule has 0 spiro atoms. The Kier molecular flexibility index (Phi) is 4.74. The van der Waals surface area contributed by atoms with Crippen molar-refractivity contribution in [1.29, 1.82) is 0 Å². The summed E-state index contributed by atoms with van der Waals surface area (Å²) in [5.74, 6) is 0.842. The fourth-order valence-corrected chi connectivity index (χ4v) is 2.49. The van der Waals surface area contributed by atoms with Crippen molar-refractivity contribution in [3.63, 3.8) is 0 Å². The van der Waals surface area contributed by atoms with Crippen molar-refractivity contribution in [2.75, 3.05) is 0 Å². The number of carbonyl (C=O) groups is 1. The topological polar surface area (TPSA) is 60.1 Å². The zero-order valence-corrected chi connectivity index (χ0v) is 15.0. The molecule has 5 nitrogen and oxygen atoms in total. The van der Waals surface area contributed by atoms with Crippen molar-refractivity contribution in [3.8, 4) is 17.1 Å². The average molecular weight is 337 g/mol. The zero-order chi connectivity index (χ0) is 18.0. The molecule has 1 atom stereocenters. The second-order valence-corrected chi connectivity index (χ2v) is 6.65. The van der Waals surface area contributed by atoms with E-state index in [-0.39, 0.29) is 11.9 Å². The van der Waals surface area contributed by atoms with Crippen molar-refractivity contribution in [1.82, 2.24) is 15.1 Å². The van der Waals surface area contributed by atoms with Crippen LogP contribution in [-0.2, 0) is 0 Å². The first-order valence-electron chi connectivity index (χ1n) is 8.47. The second kappa shape index (κ2) is 6.97. The number of nitrogens with zero attached hydrogens (tertiary/aromatic N) is 2. The van der Waals surface area contributed by atoms with E-state index in [1.54, 1.807) is 17.0 Å². The van der Waals surface area contributed by atoms with E-state index in [9.17, 15) is 4.79 Å². The Balaban J connectivity index is 2.04. The number of furan rings is 1. The number of benzene rings is 1. The van der Waals surface area contributed by atoms with Crippen molar-refractivity contribution in [2.45, 2.75) is 33.7 Å². The van der Waals surface area contributed by atoms with Gasteiger partial charge in [-0.25, -0.2) is 4.68 Å². The van der Waals surface area contributed by atoms with E-state index in [0.29, 0.717) is 23.1 Å². The van der Waals surface area contributed by atoms with Crippen LogP contribution in [0.25, 0.3) is 17.1 Å². The molecule has 0 aliphatic carbocycles. The van der Waals surface area contributed by atoms with Gasteiger partial charge in [0.1, 0.15) is 11.4 Å². The first-order valence-corrected chi connectivity index (χ1v) is 8.47. The van der Waals surface area contributed by atoms with Gasteiger partial charge in [0, 0.05) is 12.1 Å². The van der Waals surface area contributed by atoms with Gasteiger partial charge in [0.25, 0.3) is 5.91 Å². The molecule has 0 fully saturated rings. The summed E-state index contributed by atoms with van der Waals surface area (Å²) >= 11 is 0. The molecule has 2 heterocycles. The highest BCUT2D eigenvalue weighted by Gasteiger charge is 2.21. The van der Waals surface area contributed by atoms with Gasteiger partial charge in [-0.15, -0.1) is 0 Å². The molecule has 1 N–H and O–H groups in total. The molecule has 25 heavy (non-hydrogen) atoms. The number of carbonyl (C=O) groups excluding carboxylic acids is 1. The van der Waals surface area contributed by atoms with Crippen molar-refractivity contribution in [2.24, 2.45) is 5.92 Å². The van der Waals surface area contributed by atoms with E-state index in [1.807, 2.05) is 50.2 Å². The van der Waals surface area contributed by atoms with Crippen molar-refractivity contribution < 1.29 is 9.21 Å². The minimum Gasteiger partial charge on any atom is -0.463 e. The maximum absolute atomic E-state index is 12.8. The first-order chi connectivity index (χ1) is 12.0. The number of aryl methyl sites for hydroxylation is 1. The van der Waals surface area contributed by atoms with Crippen LogP contribution >= 0.6 is 0 Å². The highest BCUT2D eigenvalue weighted by Crippen LogP contribution is 2.23. The number of amides is 1. The quantitative estimate of drug-likeness (QED) is 0.758. The largest absolute Gasteiger partial charge is 0.463 e. The minimum atomic E-state index is -0.145. The van der Waals surface area contributed by atoms with Gasteiger partial charge in [0.05, 0.1) is 12.0 Å². The Morgan fingerprint density at radius 1 is 1.16 bits per heavy atom. The Morgan fingerprint density at radius 3 is 2.60 bits per heavy atom. The lowest BCUT2D eigenvalue weighted by Gasteiger charge is -2.17. The van der Waals surface area contributed by atoms with E-state index < -0.39 is 0 Å². The molecule has 2 aromatic heterocycles. The summed E-state index contributed by atoms with van der Waals surface area (Å²) in [4.78, 5) is 12.8. The summed E-state index contributed by atoms with van der Waals surface area (Å²) in [7, 11) is 0. The van der Waals surface area contributed by atoms with Crippen LogP contribution in [-0.4, -0.2) is 21.7 Å². The summed E-state index contributed by atoms with van der Waals surface area (Å²) in [5, 5.41) is 7.65. The maximum Gasteiger partial charge on any atom is 0.270 e.